The molecule has 1 fully saturated rings. The van der Waals surface area contributed by atoms with Gasteiger partial charge in [-0.3, -0.25) is 9.89 Å². The van der Waals surface area contributed by atoms with Crippen LogP contribution in [-0.4, -0.2) is 44.1 Å². The summed E-state index contributed by atoms with van der Waals surface area (Å²) >= 11 is 0. The Kier molecular flexibility index (Phi) is 6.81. The molecule has 27 heavy (non-hydrogen) atoms. The Bertz CT molecular complexity index is 782. The standard InChI is InChI=1S/C21H28N4O.HI/c1-16-9-10-20(26-16)19(24-12-5-6-13-24)15-23-21(22-2)25-14-11-17-7-3-4-8-18(17)25;/h3-4,7-10,19H,5-6,11-15H2,1-2H3,(H,22,23);1H. The quantitative estimate of drug-likeness (QED) is 0.409. The Balaban J connectivity index is 0.00000210. The number of benzene rings is 1. The monoisotopic (exact) mass is 480 g/mol. The lowest BCUT2D eigenvalue weighted by Gasteiger charge is -2.29. The molecule has 1 unspecified atom stereocenters. The van der Waals surface area contributed by atoms with E-state index in [0.717, 1.165) is 50.1 Å². The van der Waals surface area contributed by atoms with E-state index >= 15 is 0 Å². The van der Waals surface area contributed by atoms with Crippen molar-refractivity contribution in [3.8, 4) is 0 Å². The fourth-order valence-corrected chi connectivity index (χ4v) is 4.14. The average molecular weight is 480 g/mol. The lowest BCUT2D eigenvalue weighted by Crippen LogP contribution is -2.44. The first-order chi connectivity index (χ1) is 12.8. The van der Waals surface area contributed by atoms with Crippen molar-refractivity contribution in [1.29, 1.82) is 0 Å². The summed E-state index contributed by atoms with van der Waals surface area (Å²) in [4.78, 5) is 9.37. The molecule has 5 nitrogen and oxygen atoms in total. The smallest absolute Gasteiger partial charge is 0.198 e. The molecule has 3 heterocycles. The molecule has 0 amide bonds. The maximum atomic E-state index is 5.97. The predicted octanol–water partition coefficient (Wildman–Crippen LogP) is 3.98. The number of aryl methyl sites for hydroxylation is 1. The molecule has 1 aromatic heterocycles. The van der Waals surface area contributed by atoms with E-state index in [0.29, 0.717) is 0 Å². The molecular formula is C21H29IN4O. The second-order valence-electron chi connectivity index (χ2n) is 7.17. The fraction of sp³-hybridized carbons (Fsp3) is 0.476. The molecule has 0 spiro atoms. The van der Waals surface area contributed by atoms with Crippen LogP contribution in [0.3, 0.4) is 0 Å². The van der Waals surface area contributed by atoms with Crippen LogP contribution in [0.15, 0.2) is 45.8 Å². The number of halogens is 1. The third-order valence-corrected chi connectivity index (χ3v) is 5.48. The normalized spacial score (nSPS) is 18.3. The van der Waals surface area contributed by atoms with E-state index in [-0.39, 0.29) is 30.0 Å². The highest BCUT2D eigenvalue weighted by atomic mass is 127. The molecule has 146 valence electrons. The highest BCUT2D eigenvalue weighted by molar-refractivity contribution is 14.0. The van der Waals surface area contributed by atoms with Crippen LogP contribution in [-0.2, 0) is 6.42 Å². The first kappa shape index (κ1) is 20.2. The molecular weight excluding hydrogens is 451 g/mol. The summed E-state index contributed by atoms with van der Waals surface area (Å²) < 4.78 is 5.97. The molecule has 0 bridgehead atoms. The van der Waals surface area contributed by atoms with Crippen LogP contribution in [0.2, 0.25) is 0 Å². The minimum absolute atomic E-state index is 0. The highest BCUT2D eigenvalue weighted by Gasteiger charge is 2.28. The number of para-hydroxylation sites is 1. The first-order valence-electron chi connectivity index (χ1n) is 9.63. The van der Waals surface area contributed by atoms with Crippen LogP contribution >= 0.6 is 24.0 Å². The van der Waals surface area contributed by atoms with Gasteiger partial charge in [-0.05, 0) is 63.0 Å². The van der Waals surface area contributed by atoms with E-state index in [9.17, 15) is 0 Å². The van der Waals surface area contributed by atoms with Gasteiger partial charge in [0, 0.05) is 25.8 Å². The van der Waals surface area contributed by atoms with Crippen molar-refractivity contribution in [2.24, 2.45) is 4.99 Å². The van der Waals surface area contributed by atoms with Gasteiger partial charge in [0.25, 0.3) is 0 Å². The largest absolute Gasteiger partial charge is 0.465 e. The molecule has 2 aromatic rings. The van der Waals surface area contributed by atoms with Gasteiger partial charge in [0.1, 0.15) is 11.5 Å². The Morgan fingerprint density at radius 1 is 1.15 bits per heavy atom. The van der Waals surface area contributed by atoms with E-state index < -0.39 is 0 Å². The maximum absolute atomic E-state index is 5.97. The Labute approximate surface area is 178 Å². The zero-order valence-corrected chi connectivity index (χ0v) is 18.5. The summed E-state index contributed by atoms with van der Waals surface area (Å²) in [6.45, 7) is 6.07. The number of likely N-dealkylation sites (tertiary alicyclic amines) is 1. The summed E-state index contributed by atoms with van der Waals surface area (Å²) in [7, 11) is 1.87. The van der Waals surface area contributed by atoms with Crippen LogP contribution in [0.25, 0.3) is 0 Å². The summed E-state index contributed by atoms with van der Waals surface area (Å²) in [6.07, 6.45) is 3.61. The predicted molar refractivity (Wildman–Crippen MR) is 121 cm³/mol. The van der Waals surface area contributed by atoms with Gasteiger partial charge >= 0.3 is 0 Å². The van der Waals surface area contributed by atoms with Crippen molar-refractivity contribution < 1.29 is 4.42 Å². The van der Waals surface area contributed by atoms with Gasteiger partial charge < -0.3 is 14.6 Å². The topological polar surface area (TPSA) is 44.0 Å². The lowest BCUT2D eigenvalue weighted by atomic mass is 10.2. The lowest BCUT2D eigenvalue weighted by molar-refractivity contribution is 0.214. The van der Waals surface area contributed by atoms with Gasteiger partial charge in [-0.1, -0.05) is 18.2 Å². The van der Waals surface area contributed by atoms with Gasteiger partial charge in [-0.25, -0.2) is 0 Å². The molecule has 0 radical (unpaired) electrons. The molecule has 0 saturated carbocycles. The third-order valence-electron chi connectivity index (χ3n) is 5.48. The number of guanidine groups is 1. The summed E-state index contributed by atoms with van der Waals surface area (Å²) in [5.74, 6) is 2.97. The number of nitrogens with one attached hydrogen (secondary N) is 1. The van der Waals surface area contributed by atoms with Crippen molar-refractivity contribution in [2.45, 2.75) is 32.2 Å². The second kappa shape index (κ2) is 9.10. The minimum atomic E-state index is 0. The van der Waals surface area contributed by atoms with Gasteiger partial charge in [-0.15, -0.1) is 24.0 Å². The van der Waals surface area contributed by atoms with Crippen molar-refractivity contribution in [3.63, 3.8) is 0 Å². The summed E-state index contributed by atoms with van der Waals surface area (Å²) in [5, 5.41) is 3.61. The molecule has 1 N–H and O–H groups in total. The van der Waals surface area contributed by atoms with Gasteiger partial charge in [0.15, 0.2) is 5.96 Å². The van der Waals surface area contributed by atoms with E-state index in [1.165, 1.54) is 24.1 Å². The Morgan fingerprint density at radius 3 is 2.63 bits per heavy atom. The molecule has 4 rings (SSSR count). The first-order valence-corrected chi connectivity index (χ1v) is 9.63. The minimum Gasteiger partial charge on any atom is -0.465 e. The van der Waals surface area contributed by atoms with Crippen LogP contribution in [0, 0.1) is 6.92 Å². The molecule has 1 saturated heterocycles. The number of aliphatic imine (C=N–C) groups is 1. The van der Waals surface area contributed by atoms with Crippen LogP contribution in [0.5, 0.6) is 0 Å². The number of rotatable bonds is 4. The van der Waals surface area contributed by atoms with E-state index in [1.807, 2.05) is 14.0 Å². The fourth-order valence-electron chi connectivity index (χ4n) is 4.14. The maximum Gasteiger partial charge on any atom is 0.198 e. The van der Waals surface area contributed by atoms with Crippen LogP contribution in [0.1, 0.15) is 36.0 Å². The summed E-state index contributed by atoms with van der Waals surface area (Å²) in [5.41, 5.74) is 2.67. The third kappa shape index (κ3) is 4.32. The number of fused-ring (bicyclic) bond motifs is 1. The number of anilines is 1. The summed E-state index contributed by atoms with van der Waals surface area (Å²) in [6, 6.07) is 13.0. The molecule has 2 aliphatic heterocycles. The van der Waals surface area contributed by atoms with Crippen LogP contribution in [0.4, 0.5) is 5.69 Å². The molecule has 2 aliphatic rings. The number of hydrogen-bond acceptors (Lipinski definition) is 3. The number of hydrogen-bond donors (Lipinski definition) is 1. The molecule has 0 aliphatic carbocycles. The zero-order valence-electron chi connectivity index (χ0n) is 16.1. The molecule has 1 atom stereocenters. The van der Waals surface area contributed by atoms with E-state index in [2.05, 4.69) is 56.5 Å². The SMILES string of the molecule is CN=C(NCC(c1ccc(C)o1)N1CCCC1)N1CCc2ccccc21.I. The highest BCUT2D eigenvalue weighted by Crippen LogP contribution is 2.29. The van der Waals surface area contributed by atoms with E-state index in [1.54, 1.807) is 0 Å². The number of nitrogens with zero attached hydrogens (tertiary/aromatic N) is 3. The van der Waals surface area contributed by atoms with E-state index in [4.69, 9.17) is 4.42 Å². The molecule has 1 aromatic carbocycles. The van der Waals surface area contributed by atoms with Crippen molar-refractivity contribution >= 4 is 35.6 Å². The van der Waals surface area contributed by atoms with Crippen LogP contribution < -0.4 is 10.2 Å². The van der Waals surface area contributed by atoms with Crippen molar-refractivity contribution in [3.05, 3.63) is 53.5 Å². The Hall–Kier alpha value is -1.54. The Morgan fingerprint density at radius 2 is 1.93 bits per heavy atom. The van der Waals surface area contributed by atoms with Gasteiger partial charge in [0.2, 0.25) is 0 Å². The van der Waals surface area contributed by atoms with Crippen molar-refractivity contribution in [1.82, 2.24) is 10.2 Å². The van der Waals surface area contributed by atoms with Crippen molar-refractivity contribution in [2.75, 3.05) is 38.1 Å². The zero-order chi connectivity index (χ0) is 17.9. The number of furan rings is 1. The van der Waals surface area contributed by atoms with Gasteiger partial charge in [-0.2, -0.15) is 0 Å². The average Bonchev–Trinajstić information content (AvgIpc) is 3.40. The molecule has 6 heteroatoms. The van der Waals surface area contributed by atoms with Gasteiger partial charge in [0.05, 0.1) is 6.04 Å². The second-order valence-corrected chi connectivity index (χ2v) is 7.17.